The Morgan fingerprint density at radius 1 is 1.29 bits per heavy atom. The quantitative estimate of drug-likeness (QED) is 0.928. The van der Waals surface area contributed by atoms with Gasteiger partial charge in [0.15, 0.2) is 0 Å². The molecule has 0 fully saturated rings. The van der Waals surface area contributed by atoms with E-state index in [4.69, 9.17) is 9.47 Å². The molecule has 0 bridgehead atoms. The highest BCUT2D eigenvalue weighted by atomic mass is 79.9. The molecule has 0 radical (unpaired) electrons. The summed E-state index contributed by atoms with van der Waals surface area (Å²) in [6, 6.07) is 5.12. The van der Waals surface area contributed by atoms with E-state index in [0.29, 0.717) is 11.3 Å². The maximum atomic E-state index is 11.2. The summed E-state index contributed by atoms with van der Waals surface area (Å²) in [7, 11) is -3.34. The fraction of sp³-hybridized carbons (Fsp3) is 0.200. The van der Waals surface area contributed by atoms with Gasteiger partial charge < -0.3 is 9.47 Å². The van der Waals surface area contributed by atoms with Crippen LogP contribution in [0.5, 0.6) is 0 Å². The third-order valence-corrected chi connectivity index (χ3v) is 3.11. The molecule has 7 heteroatoms. The predicted octanol–water partition coefficient (Wildman–Crippen LogP) is 2.34. The normalized spacial score (nSPS) is 15.4. The fourth-order valence-corrected chi connectivity index (χ4v) is 2.37. The van der Waals surface area contributed by atoms with Crippen molar-refractivity contribution < 1.29 is 17.9 Å². The van der Waals surface area contributed by atoms with Crippen LogP contribution in [-0.2, 0) is 19.5 Å². The highest BCUT2D eigenvalue weighted by molar-refractivity contribution is 9.10. The summed E-state index contributed by atoms with van der Waals surface area (Å²) in [5, 5.41) is 0. The first-order chi connectivity index (χ1) is 7.96. The van der Waals surface area contributed by atoms with E-state index in [0.717, 1.165) is 10.7 Å². The highest BCUT2D eigenvalue weighted by Gasteiger charge is 2.21. The molecule has 5 nitrogen and oxygen atoms in total. The number of anilines is 1. The summed E-state index contributed by atoms with van der Waals surface area (Å²) in [6.45, 7) is 0. The second-order valence-corrected chi connectivity index (χ2v) is 6.15. The molecule has 92 valence electrons. The zero-order chi connectivity index (χ0) is 12.5. The SMILES string of the molecule is CS(=O)(=O)Nc1ccc(Br)cc1C1OC=CO1. The van der Waals surface area contributed by atoms with Gasteiger partial charge in [-0.1, -0.05) is 15.9 Å². The van der Waals surface area contributed by atoms with Crippen molar-refractivity contribution in [2.24, 2.45) is 0 Å². The van der Waals surface area contributed by atoms with Crippen molar-refractivity contribution in [3.63, 3.8) is 0 Å². The molecule has 1 aliphatic heterocycles. The Morgan fingerprint density at radius 3 is 2.53 bits per heavy atom. The van der Waals surface area contributed by atoms with Crippen LogP contribution in [0.25, 0.3) is 0 Å². The van der Waals surface area contributed by atoms with Gasteiger partial charge >= 0.3 is 0 Å². The zero-order valence-corrected chi connectivity index (χ0v) is 11.3. The van der Waals surface area contributed by atoms with Crippen LogP contribution in [-0.4, -0.2) is 14.7 Å². The van der Waals surface area contributed by atoms with E-state index in [-0.39, 0.29) is 0 Å². The number of sulfonamides is 1. The van der Waals surface area contributed by atoms with Gasteiger partial charge in [-0.3, -0.25) is 4.72 Å². The van der Waals surface area contributed by atoms with Crippen LogP contribution in [0.4, 0.5) is 5.69 Å². The van der Waals surface area contributed by atoms with E-state index >= 15 is 0 Å². The van der Waals surface area contributed by atoms with Crippen molar-refractivity contribution in [1.29, 1.82) is 0 Å². The second-order valence-electron chi connectivity index (χ2n) is 3.48. The smallest absolute Gasteiger partial charge is 0.268 e. The molecule has 2 rings (SSSR count). The van der Waals surface area contributed by atoms with Crippen LogP contribution in [0, 0.1) is 0 Å². The molecule has 0 amide bonds. The molecule has 0 spiro atoms. The van der Waals surface area contributed by atoms with Crippen molar-refractivity contribution in [3.8, 4) is 0 Å². The summed E-state index contributed by atoms with van der Waals surface area (Å²) in [5.41, 5.74) is 1.04. The molecule has 1 aromatic carbocycles. The highest BCUT2D eigenvalue weighted by Crippen LogP contribution is 2.32. The molecule has 1 aromatic rings. The minimum absolute atomic E-state index is 0.435. The molecule has 1 heterocycles. The van der Waals surface area contributed by atoms with Gasteiger partial charge in [0, 0.05) is 4.47 Å². The van der Waals surface area contributed by atoms with Gasteiger partial charge in [-0.15, -0.1) is 0 Å². The standard InChI is InChI=1S/C10H10BrNO4S/c1-17(13,14)12-9-3-2-7(11)6-8(9)10-15-4-5-16-10/h2-6,10,12H,1H3. The zero-order valence-electron chi connectivity index (χ0n) is 8.88. The fourth-order valence-electron chi connectivity index (χ4n) is 1.41. The lowest BCUT2D eigenvalue weighted by Gasteiger charge is -2.16. The molecule has 0 saturated heterocycles. The molecule has 1 aliphatic rings. The van der Waals surface area contributed by atoms with Gasteiger partial charge in [0.25, 0.3) is 6.29 Å². The molecule has 1 N–H and O–H groups in total. The lowest BCUT2D eigenvalue weighted by molar-refractivity contribution is -0.0240. The summed E-state index contributed by atoms with van der Waals surface area (Å²) in [5.74, 6) is 0. The van der Waals surface area contributed by atoms with Gasteiger partial charge in [0.2, 0.25) is 10.0 Å². The van der Waals surface area contributed by atoms with Crippen molar-refractivity contribution in [2.45, 2.75) is 6.29 Å². The Labute approximate surface area is 108 Å². The van der Waals surface area contributed by atoms with E-state index < -0.39 is 16.3 Å². The minimum atomic E-state index is -3.34. The van der Waals surface area contributed by atoms with Crippen molar-refractivity contribution in [2.75, 3.05) is 11.0 Å². The Hall–Kier alpha value is -1.21. The Kier molecular flexibility index (Phi) is 3.30. The summed E-state index contributed by atoms with van der Waals surface area (Å²) >= 11 is 3.31. The average molecular weight is 320 g/mol. The van der Waals surface area contributed by atoms with Crippen molar-refractivity contribution in [3.05, 3.63) is 40.8 Å². The minimum Gasteiger partial charge on any atom is -0.455 e. The number of nitrogens with one attached hydrogen (secondary N) is 1. The van der Waals surface area contributed by atoms with Gasteiger partial charge in [-0.2, -0.15) is 0 Å². The second kappa shape index (κ2) is 4.58. The van der Waals surface area contributed by atoms with Crippen LogP contribution in [0.3, 0.4) is 0 Å². The van der Waals surface area contributed by atoms with Gasteiger partial charge in [-0.05, 0) is 18.2 Å². The maximum Gasteiger partial charge on any atom is 0.268 e. The van der Waals surface area contributed by atoms with E-state index in [9.17, 15) is 8.42 Å². The van der Waals surface area contributed by atoms with Crippen LogP contribution in [0.1, 0.15) is 11.9 Å². The monoisotopic (exact) mass is 319 g/mol. The molecular weight excluding hydrogens is 310 g/mol. The van der Waals surface area contributed by atoms with Crippen LogP contribution >= 0.6 is 15.9 Å². The van der Waals surface area contributed by atoms with Gasteiger partial charge in [-0.25, -0.2) is 8.42 Å². The van der Waals surface area contributed by atoms with Crippen molar-refractivity contribution >= 4 is 31.6 Å². The lowest BCUT2D eigenvalue weighted by Crippen LogP contribution is -2.13. The maximum absolute atomic E-state index is 11.2. The number of ether oxygens (including phenoxy) is 2. The Morgan fingerprint density at radius 2 is 1.94 bits per heavy atom. The largest absolute Gasteiger partial charge is 0.455 e. The van der Waals surface area contributed by atoms with Gasteiger partial charge in [0.05, 0.1) is 17.5 Å². The van der Waals surface area contributed by atoms with Crippen molar-refractivity contribution in [1.82, 2.24) is 0 Å². The van der Waals surface area contributed by atoms with E-state index in [1.165, 1.54) is 12.5 Å². The Balaban J connectivity index is 2.37. The number of benzene rings is 1. The number of hydrogen-bond acceptors (Lipinski definition) is 4. The number of rotatable bonds is 3. The number of hydrogen-bond donors (Lipinski definition) is 1. The average Bonchev–Trinajstić information content (AvgIpc) is 2.71. The van der Waals surface area contributed by atoms with E-state index in [2.05, 4.69) is 20.7 Å². The molecule has 0 aromatic heterocycles. The molecular formula is C10H10BrNO4S. The molecule has 0 aliphatic carbocycles. The first-order valence-corrected chi connectivity index (χ1v) is 7.37. The van der Waals surface area contributed by atoms with E-state index in [1.54, 1.807) is 18.2 Å². The van der Waals surface area contributed by atoms with Crippen LogP contribution < -0.4 is 4.72 Å². The van der Waals surface area contributed by atoms with Crippen LogP contribution in [0.15, 0.2) is 35.2 Å². The predicted molar refractivity (Wildman–Crippen MR) is 66.7 cm³/mol. The molecule has 0 atom stereocenters. The molecule has 0 unspecified atom stereocenters. The molecule has 17 heavy (non-hydrogen) atoms. The topological polar surface area (TPSA) is 64.6 Å². The van der Waals surface area contributed by atoms with Gasteiger partial charge in [0.1, 0.15) is 12.5 Å². The third-order valence-electron chi connectivity index (χ3n) is 2.02. The molecule has 0 saturated carbocycles. The third kappa shape index (κ3) is 3.13. The van der Waals surface area contributed by atoms with E-state index in [1.807, 2.05) is 0 Å². The first-order valence-electron chi connectivity index (χ1n) is 4.69. The first kappa shape index (κ1) is 12.3. The number of halogens is 1. The summed E-state index contributed by atoms with van der Waals surface area (Å²) in [4.78, 5) is 0. The van der Waals surface area contributed by atoms with Crippen LogP contribution in [0.2, 0.25) is 0 Å². The summed E-state index contributed by atoms with van der Waals surface area (Å²) < 4.78 is 36.1. The Bertz CT molecular complexity index is 547. The summed E-state index contributed by atoms with van der Waals surface area (Å²) in [6.07, 6.45) is 3.29. The lowest BCUT2D eigenvalue weighted by atomic mass is 10.2.